The maximum absolute atomic E-state index is 11.9. The Morgan fingerprint density at radius 3 is 2.87 bits per heavy atom. The monoisotopic (exact) mass is 331 g/mol. The lowest BCUT2D eigenvalue weighted by molar-refractivity contribution is -0.385. The topological polar surface area (TPSA) is 96.0 Å². The molecule has 118 valence electrons. The highest BCUT2D eigenvalue weighted by Crippen LogP contribution is 2.39. The minimum Gasteiger partial charge on any atom is -0.508 e. The van der Waals surface area contributed by atoms with Crippen LogP contribution in [0.25, 0.3) is 0 Å². The molecule has 23 heavy (non-hydrogen) atoms. The van der Waals surface area contributed by atoms with Crippen molar-refractivity contribution < 1.29 is 14.8 Å². The number of nitrogens with zero attached hydrogens (tertiary/aromatic N) is 3. The summed E-state index contributed by atoms with van der Waals surface area (Å²) in [5.41, 5.74) is 0.918. The molecule has 0 saturated heterocycles. The lowest BCUT2D eigenvalue weighted by atomic mass is 9.99. The van der Waals surface area contributed by atoms with E-state index in [4.69, 9.17) is 0 Å². The van der Waals surface area contributed by atoms with Crippen LogP contribution in [0.1, 0.15) is 29.8 Å². The van der Waals surface area contributed by atoms with Gasteiger partial charge in [0.15, 0.2) is 0 Å². The molecular weight excluding hydrogens is 318 g/mol. The number of benzene rings is 1. The average molecular weight is 331 g/mol. The minimum atomic E-state index is -0.551. The Hall–Kier alpha value is -2.74. The molecule has 0 bridgehead atoms. The largest absolute Gasteiger partial charge is 0.508 e. The Labute approximate surface area is 135 Å². The maximum atomic E-state index is 11.9. The second-order valence-electron chi connectivity index (χ2n) is 5.11. The predicted molar refractivity (Wildman–Crippen MR) is 85.5 cm³/mol. The van der Waals surface area contributed by atoms with Crippen molar-refractivity contribution in [2.75, 3.05) is 0 Å². The molecule has 0 aliphatic carbocycles. The first-order valence-corrected chi connectivity index (χ1v) is 7.74. The zero-order chi connectivity index (χ0) is 16.6. The van der Waals surface area contributed by atoms with Gasteiger partial charge in [-0.2, -0.15) is 5.10 Å². The number of non-ortho nitro benzene ring substituents is 1. The summed E-state index contributed by atoms with van der Waals surface area (Å²) in [5.74, 6) is -0.373. The van der Waals surface area contributed by atoms with E-state index in [1.54, 1.807) is 0 Å². The van der Waals surface area contributed by atoms with Crippen LogP contribution in [0, 0.1) is 10.1 Å². The molecule has 1 aliphatic rings. The van der Waals surface area contributed by atoms with E-state index in [2.05, 4.69) is 5.10 Å². The molecule has 1 aromatic carbocycles. The number of nitro benzene ring substituents is 1. The van der Waals surface area contributed by atoms with Gasteiger partial charge in [-0.1, -0.05) is 6.07 Å². The van der Waals surface area contributed by atoms with E-state index in [1.807, 2.05) is 17.5 Å². The quantitative estimate of drug-likeness (QED) is 0.690. The zero-order valence-corrected chi connectivity index (χ0v) is 13.0. The molecule has 0 unspecified atom stereocenters. The maximum Gasteiger partial charge on any atom is 0.270 e. The summed E-state index contributed by atoms with van der Waals surface area (Å²) in [5, 5.41) is 28.6. The van der Waals surface area contributed by atoms with E-state index < -0.39 is 11.0 Å². The van der Waals surface area contributed by atoms with Crippen LogP contribution in [0.15, 0.2) is 40.8 Å². The van der Waals surface area contributed by atoms with Crippen LogP contribution in [0.2, 0.25) is 0 Å². The standard InChI is InChI=1S/C15H13N3O4S/c1-9(19)17-13(8-12(16-17)15-3-2-6-23-15)11-7-10(18(21)22)4-5-14(11)20/h2-7,13,20H,8H2,1H3/t13-/m0/s1. The highest BCUT2D eigenvalue weighted by atomic mass is 32.1. The molecule has 2 heterocycles. The molecule has 8 heteroatoms. The van der Waals surface area contributed by atoms with Crippen molar-refractivity contribution in [3.05, 3.63) is 56.3 Å². The van der Waals surface area contributed by atoms with E-state index >= 15 is 0 Å². The Kier molecular flexibility index (Phi) is 3.83. The van der Waals surface area contributed by atoms with Gasteiger partial charge in [-0.25, -0.2) is 5.01 Å². The number of hydrazone groups is 1. The van der Waals surface area contributed by atoms with Crippen molar-refractivity contribution in [2.24, 2.45) is 5.10 Å². The van der Waals surface area contributed by atoms with Gasteiger partial charge in [-0.05, 0) is 17.5 Å². The van der Waals surface area contributed by atoms with E-state index in [0.717, 1.165) is 10.6 Å². The van der Waals surface area contributed by atoms with Gasteiger partial charge in [-0.3, -0.25) is 14.9 Å². The molecule has 1 aliphatic heterocycles. The number of aromatic hydroxyl groups is 1. The first-order chi connectivity index (χ1) is 11.0. The zero-order valence-electron chi connectivity index (χ0n) is 12.2. The number of amides is 1. The van der Waals surface area contributed by atoms with Crippen molar-refractivity contribution in [1.82, 2.24) is 5.01 Å². The van der Waals surface area contributed by atoms with Crippen LogP contribution in [0.4, 0.5) is 5.69 Å². The average Bonchev–Trinajstić information content (AvgIpc) is 3.16. The van der Waals surface area contributed by atoms with Crippen LogP contribution in [-0.2, 0) is 4.79 Å². The molecule has 2 aromatic rings. The number of carbonyl (C=O) groups is 1. The molecule has 1 aromatic heterocycles. The van der Waals surface area contributed by atoms with E-state index in [9.17, 15) is 20.0 Å². The van der Waals surface area contributed by atoms with Gasteiger partial charge in [0.2, 0.25) is 5.91 Å². The molecular formula is C15H13N3O4S. The van der Waals surface area contributed by atoms with Gasteiger partial charge in [0.25, 0.3) is 5.69 Å². The fourth-order valence-electron chi connectivity index (χ4n) is 2.56. The molecule has 0 saturated carbocycles. The third-order valence-electron chi connectivity index (χ3n) is 3.62. The molecule has 1 N–H and O–H groups in total. The summed E-state index contributed by atoms with van der Waals surface area (Å²) in [4.78, 5) is 23.2. The lowest BCUT2D eigenvalue weighted by Gasteiger charge is -2.21. The Balaban J connectivity index is 2.01. The van der Waals surface area contributed by atoms with Gasteiger partial charge in [0.1, 0.15) is 5.75 Å². The summed E-state index contributed by atoms with van der Waals surface area (Å²) in [6.07, 6.45) is 0.398. The van der Waals surface area contributed by atoms with Crippen molar-refractivity contribution >= 4 is 28.6 Å². The molecule has 7 nitrogen and oxygen atoms in total. The fourth-order valence-corrected chi connectivity index (χ4v) is 3.28. The van der Waals surface area contributed by atoms with E-state index in [0.29, 0.717) is 12.0 Å². The second-order valence-corrected chi connectivity index (χ2v) is 6.06. The molecule has 3 rings (SSSR count). The van der Waals surface area contributed by atoms with Gasteiger partial charge >= 0.3 is 0 Å². The number of hydrogen-bond acceptors (Lipinski definition) is 6. The van der Waals surface area contributed by atoms with Crippen molar-refractivity contribution in [3.63, 3.8) is 0 Å². The van der Waals surface area contributed by atoms with Gasteiger partial charge in [0.05, 0.1) is 21.6 Å². The number of rotatable bonds is 3. The third-order valence-corrected chi connectivity index (χ3v) is 4.54. The minimum absolute atomic E-state index is 0.0884. The van der Waals surface area contributed by atoms with E-state index in [1.165, 1.54) is 41.5 Å². The summed E-state index contributed by atoms with van der Waals surface area (Å²) < 4.78 is 0. The van der Waals surface area contributed by atoms with Crippen LogP contribution in [-0.4, -0.2) is 26.7 Å². The Morgan fingerprint density at radius 1 is 1.48 bits per heavy atom. The third kappa shape index (κ3) is 2.80. The first kappa shape index (κ1) is 15.2. The van der Waals surface area contributed by atoms with Crippen molar-refractivity contribution in [1.29, 1.82) is 0 Å². The lowest BCUT2D eigenvalue weighted by Crippen LogP contribution is -2.24. The van der Waals surface area contributed by atoms with E-state index in [-0.39, 0.29) is 17.3 Å². The molecule has 0 radical (unpaired) electrons. The van der Waals surface area contributed by atoms with Gasteiger partial charge in [0, 0.05) is 31.0 Å². The summed E-state index contributed by atoms with van der Waals surface area (Å²) in [6, 6.07) is 7.03. The Bertz CT molecular complexity index is 801. The highest BCUT2D eigenvalue weighted by molar-refractivity contribution is 7.12. The summed E-state index contributed by atoms with van der Waals surface area (Å²) in [6.45, 7) is 1.38. The van der Waals surface area contributed by atoms with Crippen molar-refractivity contribution in [3.8, 4) is 5.75 Å². The van der Waals surface area contributed by atoms with Crippen LogP contribution >= 0.6 is 11.3 Å². The van der Waals surface area contributed by atoms with Gasteiger partial charge in [-0.15, -0.1) is 11.3 Å². The fraction of sp³-hybridized carbons (Fsp3) is 0.200. The van der Waals surface area contributed by atoms with Crippen LogP contribution in [0.3, 0.4) is 0 Å². The molecule has 0 spiro atoms. The number of phenols is 1. The molecule has 0 fully saturated rings. The predicted octanol–water partition coefficient (Wildman–Crippen LogP) is 3.06. The number of nitro groups is 1. The second kappa shape index (κ2) is 5.81. The van der Waals surface area contributed by atoms with Gasteiger partial charge < -0.3 is 5.11 Å². The number of thiophene rings is 1. The summed E-state index contributed by atoms with van der Waals surface area (Å²) in [7, 11) is 0. The van der Waals surface area contributed by atoms with Crippen molar-refractivity contribution in [2.45, 2.75) is 19.4 Å². The summed E-state index contributed by atoms with van der Waals surface area (Å²) >= 11 is 1.50. The van der Waals surface area contributed by atoms with Crippen LogP contribution < -0.4 is 0 Å². The number of phenolic OH excluding ortho intramolecular Hbond substituents is 1. The molecule has 1 amide bonds. The highest BCUT2D eigenvalue weighted by Gasteiger charge is 2.34. The normalized spacial score (nSPS) is 17.2. The first-order valence-electron chi connectivity index (χ1n) is 6.86. The van der Waals surface area contributed by atoms with Crippen LogP contribution in [0.5, 0.6) is 5.75 Å². The SMILES string of the molecule is CC(=O)N1N=C(c2cccs2)C[C@H]1c1cc([N+](=O)[O-])ccc1O. The number of hydrogen-bond donors (Lipinski definition) is 1. The molecule has 1 atom stereocenters. The Morgan fingerprint density at radius 2 is 2.26 bits per heavy atom. The number of carbonyl (C=O) groups excluding carboxylic acids is 1. The smallest absolute Gasteiger partial charge is 0.270 e.